The van der Waals surface area contributed by atoms with Crippen LogP contribution in [-0.2, 0) is 28.9 Å². The normalized spacial score (nSPS) is 18.7. The molecule has 1 saturated heterocycles. The van der Waals surface area contributed by atoms with Gasteiger partial charge in [0.05, 0.1) is 11.9 Å². The second-order valence-corrected chi connectivity index (χ2v) is 8.77. The molecular weight excluding hydrogens is 400 g/mol. The fourth-order valence-corrected chi connectivity index (χ4v) is 4.33. The molecule has 7 heteroatoms. The second-order valence-electron chi connectivity index (χ2n) is 7.62. The Morgan fingerprint density at radius 2 is 1.87 bits per heavy atom. The van der Waals surface area contributed by atoms with Gasteiger partial charge in [0, 0.05) is 24.2 Å². The molecule has 0 radical (unpaired) electrons. The van der Waals surface area contributed by atoms with E-state index in [0.717, 1.165) is 59.4 Å². The van der Waals surface area contributed by atoms with Crippen molar-refractivity contribution in [1.82, 2.24) is 9.88 Å². The third-order valence-electron chi connectivity index (χ3n) is 5.33. The molecule has 1 aromatic heterocycles. The minimum Gasteiger partial charge on any atom is -0.493 e. The molecular formula is C23H24N2O4S. The van der Waals surface area contributed by atoms with Gasteiger partial charge in [0.1, 0.15) is 5.75 Å². The van der Waals surface area contributed by atoms with Crippen molar-refractivity contribution in [3.8, 4) is 5.75 Å². The van der Waals surface area contributed by atoms with Gasteiger partial charge in [-0.25, -0.2) is 4.90 Å². The number of aryl methyl sites for hydroxylation is 1. The van der Waals surface area contributed by atoms with Crippen LogP contribution in [0.2, 0.25) is 0 Å². The highest BCUT2D eigenvalue weighted by Gasteiger charge is 2.47. The Hall–Kier alpha value is -2.67. The van der Waals surface area contributed by atoms with E-state index < -0.39 is 10.5 Å². The number of aromatic nitrogens is 1. The Morgan fingerprint density at radius 1 is 1.13 bits per heavy atom. The molecule has 2 aromatic rings. The standard InChI is InChI=1S/C23H24N2O4S/c1-2-15-3-8-18(24-14-15)11-12-29-19-9-4-16(5-10-19)13-20-22(27)25(23(28)30-20)21(26)17-6-7-17/h3-5,8-10,14,17,20H,2,6-7,11-13H2,1H3. The molecule has 6 nitrogen and oxygen atoms in total. The van der Waals surface area contributed by atoms with Crippen LogP contribution in [0.1, 0.15) is 36.6 Å². The van der Waals surface area contributed by atoms with E-state index in [1.54, 1.807) is 0 Å². The van der Waals surface area contributed by atoms with Crippen LogP contribution in [0.15, 0.2) is 42.6 Å². The summed E-state index contributed by atoms with van der Waals surface area (Å²) in [5.41, 5.74) is 3.14. The number of ether oxygens (including phenoxy) is 1. The van der Waals surface area contributed by atoms with Crippen LogP contribution in [0, 0.1) is 5.92 Å². The minimum atomic E-state index is -0.538. The number of thioether (sulfide) groups is 1. The number of imide groups is 3. The summed E-state index contributed by atoms with van der Waals surface area (Å²) in [5, 5.41) is -0.980. The van der Waals surface area contributed by atoms with Crippen molar-refractivity contribution < 1.29 is 19.1 Å². The van der Waals surface area contributed by atoms with E-state index >= 15 is 0 Å². The highest BCUT2D eigenvalue weighted by molar-refractivity contribution is 8.15. The van der Waals surface area contributed by atoms with Gasteiger partial charge in [-0.05, 0) is 55.0 Å². The van der Waals surface area contributed by atoms with Gasteiger partial charge in [-0.2, -0.15) is 0 Å². The van der Waals surface area contributed by atoms with Gasteiger partial charge in [0.15, 0.2) is 0 Å². The maximum absolute atomic E-state index is 12.5. The molecule has 2 heterocycles. The molecule has 2 aliphatic rings. The first-order chi connectivity index (χ1) is 14.5. The van der Waals surface area contributed by atoms with E-state index in [0.29, 0.717) is 13.0 Å². The summed E-state index contributed by atoms with van der Waals surface area (Å²) in [7, 11) is 0. The topological polar surface area (TPSA) is 76.6 Å². The first-order valence-corrected chi connectivity index (χ1v) is 11.2. The van der Waals surface area contributed by atoms with Gasteiger partial charge < -0.3 is 4.74 Å². The predicted molar refractivity (Wildman–Crippen MR) is 114 cm³/mol. The number of hydrogen-bond acceptors (Lipinski definition) is 6. The second kappa shape index (κ2) is 9.00. The van der Waals surface area contributed by atoms with Gasteiger partial charge in [0.25, 0.3) is 11.1 Å². The first-order valence-electron chi connectivity index (χ1n) is 10.3. The molecule has 0 N–H and O–H groups in total. The molecule has 0 spiro atoms. The van der Waals surface area contributed by atoms with Crippen molar-refractivity contribution in [2.24, 2.45) is 5.92 Å². The molecule has 1 unspecified atom stereocenters. The zero-order chi connectivity index (χ0) is 21.1. The Morgan fingerprint density at radius 3 is 2.50 bits per heavy atom. The molecule has 1 aliphatic heterocycles. The van der Waals surface area contributed by atoms with Crippen LogP contribution in [0.4, 0.5) is 4.79 Å². The highest BCUT2D eigenvalue weighted by Crippen LogP contribution is 2.36. The number of benzene rings is 1. The van der Waals surface area contributed by atoms with Crippen LogP contribution < -0.4 is 4.74 Å². The van der Waals surface area contributed by atoms with Crippen molar-refractivity contribution in [2.45, 2.75) is 44.3 Å². The van der Waals surface area contributed by atoms with Gasteiger partial charge >= 0.3 is 0 Å². The lowest BCUT2D eigenvalue weighted by atomic mass is 10.1. The van der Waals surface area contributed by atoms with E-state index in [-0.39, 0.29) is 17.7 Å². The maximum Gasteiger partial charge on any atom is 0.295 e. The maximum atomic E-state index is 12.5. The lowest BCUT2D eigenvalue weighted by Crippen LogP contribution is -2.38. The number of hydrogen-bond donors (Lipinski definition) is 0. The Kier molecular flexibility index (Phi) is 6.18. The van der Waals surface area contributed by atoms with Crippen LogP contribution in [0.5, 0.6) is 5.75 Å². The largest absolute Gasteiger partial charge is 0.493 e. The van der Waals surface area contributed by atoms with E-state index in [4.69, 9.17) is 4.74 Å². The summed E-state index contributed by atoms with van der Waals surface area (Å²) in [6, 6.07) is 11.6. The number of rotatable bonds is 8. The van der Waals surface area contributed by atoms with Gasteiger partial charge in [-0.3, -0.25) is 19.4 Å². The molecule has 30 heavy (non-hydrogen) atoms. The van der Waals surface area contributed by atoms with Gasteiger partial charge in [-0.1, -0.05) is 36.9 Å². The average molecular weight is 425 g/mol. The molecule has 1 atom stereocenters. The summed E-state index contributed by atoms with van der Waals surface area (Å²) in [6.45, 7) is 2.63. The molecule has 156 valence electrons. The van der Waals surface area contributed by atoms with Crippen molar-refractivity contribution in [3.05, 3.63) is 59.4 Å². The summed E-state index contributed by atoms with van der Waals surface area (Å²) < 4.78 is 5.79. The van der Waals surface area contributed by atoms with Crippen LogP contribution >= 0.6 is 11.8 Å². The summed E-state index contributed by atoms with van der Waals surface area (Å²) in [4.78, 5) is 42.1. The van der Waals surface area contributed by atoms with E-state index in [1.807, 2.05) is 36.5 Å². The molecule has 3 amide bonds. The molecule has 1 aromatic carbocycles. The number of carbonyl (C=O) groups is 3. The van der Waals surface area contributed by atoms with E-state index in [2.05, 4.69) is 18.0 Å². The fourth-order valence-electron chi connectivity index (χ4n) is 3.32. The molecule has 4 rings (SSSR count). The molecule has 1 aliphatic carbocycles. The van der Waals surface area contributed by atoms with Crippen molar-refractivity contribution in [2.75, 3.05) is 6.61 Å². The van der Waals surface area contributed by atoms with Crippen LogP contribution in [-0.4, -0.2) is 38.8 Å². The third-order valence-corrected chi connectivity index (χ3v) is 6.37. The molecule has 2 fully saturated rings. The number of nitrogens with zero attached hydrogens (tertiary/aromatic N) is 2. The van der Waals surface area contributed by atoms with Gasteiger partial charge in [-0.15, -0.1) is 0 Å². The lowest BCUT2D eigenvalue weighted by Gasteiger charge is -2.12. The Balaban J connectivity index is 1.27. The summed E-state index contributed by atoms with van der Waals surface area (Å²) in [6.07, 6.45) is 5.56. The van der Waals surface area contributed by atoms with Crippen LogP contribution in [0.25, 0.3) is 0 Å². The van der Waals surface area contributed by atoms with Crippen molar-refractivity contribution in [3.63, 3.8) is 0 Å². The average Bonchev–Trinajstić information content (AvgIpc) is 3.56. The Bertz CT molecular complexity index is 939. The predicted octanol–water partition coefficient (Wildman–Crippen LogP) is 3.81. The SMILES string of the molecule is CCc1ccc(CCOc2ccc(CC3SC(=O)N(C(=O)C4CC4)C3=O)cc2)nc1. The zero-order valence-corrected chi connectivity index (χ0v) is 17.7. The fraction of sp³-hybridized carbons (Fsp3) is 0.391. The number of carbonyl (C=O) groups excluding carboxylic acids is 3. The summed E-state index contributed by atoms with van der Waals surface area (Å²) in [5.74, 6) is -0.115. The number of amides is 3. The molecule has 0 bridgehead atoms. The number of pyridine rings is 1. The first kappa shape index (κ1) is 20.6. The zero-order valence-electron chi connectivity index (χ0n) is 16.9. The van der Waals surface area contributed by atoms with E-state index in [1.165, 1.54) is 5.56 Å². The third kappa shape index (κ3) is 4.73. The monoisotopic (exact) mass is 424 g/mol. The lowest BCUT2D eigenvalue weighted by molar-refractivity contribution is -0.140. The van der Waals surface area contributed by atoms with Crippen molar-refractivity contribution in [1.29, 1.82) is 0 Å². The van der Waals surface area contributed by atoms with Crippen molar-refractivity contribution >= 4 is 28.8 Å². The van der Waals surface area contributed by atoms with E-state index in [9.17, 15) is 14.4 Å². The quantitative estimate of drug-likeness (QED) is 0.600. The minimum absolute atomic E-state index is 0.145. The smallest absolute Gasteiger partial charge is 0.295 e. The molecule has 1 saturated carbocycles. The highest BCUT2D eigenvalue weighted by atomic mass is 32.2. The Labute approximate surface area is 180 Å². The summed E-state index contributed by atoms with van der Waals surface area (Å²) >= 11 is 0.947. The van der Waals surface area contributed by atoms with Gasteiger partial charge in [0.2, 0.25) is 5.91 Å². The van der Waals surface area contributed by atoms with Crippen LogP contribution in [0.3, 0.4) is 0 Å².